The number of pyridine rings is 1. The summed E-state index contributed by atoms with van der Waals surface area (Å²) in [5, 5.41) is 22.4. The second kappa shape index (κ2) is 6.22. The number of halogens is 1. The Bertz CT molecular complexity index is 594. The van der Waals surface area contributed by atoms with E-state index in [1.807, 2.05) is 0 Å². The summed E-state index contributed by atoms with van der Waals surface area (Å²) in [5.41, 5.74) is -1.92. The zero-order valence-corrected chi connectivity index (χ0v) is 14.0. The minimum atomic E-state index is -1.45. The minimum absolute atomic E-state index is 0.0641. The first-order chi connectivity index (χ1) is 9.87. The average Bonchev–Trinajstić information content (AvgIpc) is 2.36. The number of carboxylic acid groups (broad SMARTS) is 1. The number of aliphatic hydroxyl groups is 1. The molecule has 0 spiro atoms. The molecule has 0 aliphatic carbocycles. The third-order valence-electron chi connectivity index (χ3n) is 3.33. The standard InChI is InChI=1S/C15H21ClN2O4/c1-14(2,3)12(20)18-11-8(6-7-9(16)17-11)10(19)15(4,5)13(21)22/h6-7,10,19H,1-5H3,(H,21,22)(H,17,18,20). The van der Waals surface area contributed by atoms with Gasteiger partial charge >= 0.3 is 5.97 Å². The third-order valence-corrected chi connectivity index (χ3v) is 3.55. The number of amides is 1. The van der Waals surface area contributed by atoms with Crippen molar-refractivity contribution in [1.82, 2.24) is 4.98 Å². The van der Waals surface area contributed by atoms with Crippen LogP contribution in [0.15, 0.2) is 12.1 Å². The molecule has 3 N–H and O–H groups in total. The fourth-order valence-corrected chi connectivity index (χ4v) is 1.72. The second-order valence-corrected chi connectivity index (χ2v) is 7.09. The summed E-state index contributed by atoms with van der Waals surface area (Å²) >= 11 is 5.84. The van der Waals surface area contributed by atoms with Gasteiger partial charge in [-0.2, -0.15) is 0 Å². The number of anilines is 1. The lowest BCUT2D eigenvalue weighted by molar-refractivity contribution is -0.153. The molecule has 0 aromatic carbocycles. The molecule has 1 unspecified atom stereocenters. The number of nitrogens with one attached hydrogen (secondary N) is 1. The lowest BCUT2D eigenvalue weighted by atomic mass is 9.83. The molecule has 0 radical (unpaired) electrons. The molecule has 122 valence electrons. The summed E-state index contributed by atoms with van der Waals surface area (Å²) in [7, 11) is 0. The van der Waals surface area contributed by atoms with Crippen LogP contribution in [0.2, 0.25) is 5.15 Å². The van der Waals surface area contributed by atoms with Crippen molar-refractivity contribution in [3.8, 4) is 0 Å². The topological polar surface area (TPSA) is 99.5 Å². The van der Waals surface area contributed by atoms with Crippen LogP contribution in [0.5, 0.6) is 0 Å². The number of hydrogen-bond donors (Lipinski definition) is 3. The lowest BCUT2D eigenvalue weighted by Crippen LogP contribution is -2.33. The van der Waals surface area contributed by atoms with Crippen LogP contribution in [0.25, 0.3) is 0 Å². The van der Waals surface area contributed by atoms with Gasteiger partial charge in [0.25, 0.3) is 0 Å². The summed E-state index contributed by atoms with van der Waals surface area (Å²) in [6, 6.07) is 2.90. The summed E-state index contributed by atoms with van der Waals surface area (Å²) in [5.74, 6) is -1.42. The first kappa shape index (κ1) is 18.4. The molecular weight excluding hydrogens is 308 g/mol. The predicted octanol–water partition coefficient (Wildman–Crippen LogP) is 2.86. The average molecular weight is 329 g/mol. The van der Waals surface area contributed by atoms with Crippen LogP contribution in [0.4, 0.5) is 5.82 Å². The molecular formula is C15H21ClN2O4. The van der Waals surface area contributed by atoms with Gasteiger partial charge in [0.2, 0.25) is 5.91 Å². The fraction of sp³-hybridized carbons (Fsp3) is 0.533. The van der Waals surface area contributed by atoms with E-state index in [-0.39, 0.29) is 22.4 Å². The second-order valence-electron chi connectivity index (χ2n) is 6.71. The number of carbonyl (C=O) groups excluding carboxylic acids is 1. The molecule has 0 aliphatic heterocycles. The Kier molecular flexibility index (Phi) is 5.20. The van der Waals surface area contributed by atoms with Crippen molar-refractivity contribution in [3.63, 3.8) is 0 Å². The Balaban J connectivity index is 3.27. The van der Waals surface area contributed by atoms with Crippen molar-refractivity contribution >= 4 is 29.3 Å². The van der Waals surface area contributed by atoms with Gasteiger partial charge in [-0.25, -0.2) is 4.98 Å². The number of aliphatic hydroxyl groups excluding tert-OH is 1. The van der Waals surface area contributed by atoms with Crippen molar-refractivity contribution in [1.29, 1.82) is 0 Å². The van der Waals surface area contributed by atoms with Crippen LogP contribution < -0.4 is 5.32 Å². The number of hydrogen-bond acceptors (Lipinski definition) is 4. The molecule has 1 amide bonds. The van der Waals surface area contributed by atoms with Crippen molar-refractivity contribution in [3.05, 3.63) is 22.8 Å². The maximum Gasteiger partial charge on any atom is 0.312 e. The zero-order valence-electron chi connectivity index (χ0n) is 13.3. The maximum absolute atomic E-state index is 12.1. The molecule has 1 aromatic heterocycles. The summed E-state index contributed by atoms with van der Waals surface area (Å²) < 4.78 is 0. The van der Waals surface area contributed by atoms with Gasteiger partial charge in [-0.15, -0.1) is 0 Å². The van der Waals surface area contributed by atoms with Crippen LogP contribution in [0.1, 0.15) is 46.3 Å². The van der Waals surface area contributed by atoms with Gasteiger partial charge in [-0.3, -0.25) is 9.59 Å². The number of carboxylic acids is 1. The Morgan fingerprint density at radius 1 is 1.23 bits per heavy atom. The van der Waals surface area contributed by atoms with Crippen LogP contribution in [0.3, 0.4) is 0 Å². The SMILES string of the molecule is CC(C)(C)C(=O)Nc1nc(Cl)ccc1C(O)C(C)(C)C(=O)O. The van der Waals surface area contributed by atoms with Crippen molar-refractivity contribution in [2.24, 2.45) is 10.8 Å². The van der Waals surface area contributed by atoms with E-state index in [2.05, 4.69) is 10.3 Å². The van der Waals surface area contributed by atoms with Gasteiger partial charge < -0.3 is 15.5 Å². The molecule has 0 bridgehead atoms. The first-order valence-electron chi connectivity index (χ1n) is 6.76. The summed E-state index contributed by atoms with van der Waals surface area (Å²) in [6.07, 6.45) is -1.36. The van der Waals surface area contributed by atoms with Crippen molar-refractivity contribution in [2.45, 2.75) is 40.7 Å². The molecule has 1 heterocycles. The van der Waals surface area contributed by atoms with E-state index in [0.29, 0.717) is 0 Å². The van der Waals surface area contributed by atoms with E-state index in [9.17, 15) is 19.8 Å². The predicted molar refractivity (Wildman–Crippen MR) is 83.7 cm³/mol. The van der Waals surface area contributed by atoms with Crippen LogP contribution in [-0.2, 0) is 9.59 Å². The number of nitrogens with zero attached hydrogens (tertiary/aromatic N) is 1. The Hall–Kier alpha value is -1.66. The molecule has 22 heavy (non-hydrogen) atoms. The first-order valence-corrected chi connectivity index (χ1v) is 7.14. The monoisotopic (exact) mass is 328 g/mol. The maximum atomic E-state index is 12.1. The van der Waals surface area contributed by atoms with Gasteiger partial charge in [0, 0.05) is 11.0 Å². The van der Waals surface area contributed by atoms with Crippen LogP contribution in [0, 0.1) is 10.8 Å². The molecule has 1 rings (SSSR count). The normalized spacial score (nSPS) is 13.6. The van der Waals surface area contributed by atoms with Crippen LogP contribution >= 0.6 is 11.6 Å². The third kappa shape index (κ3) is 3.96. The van der Waals surface area contributed by atoms with Crippen LogP contribution in [-0.4, -0.2) is 27.1 Å². The number of carbonyl (C=O) groups is 2. The highest BCUT2D eigenvalue weighted by Crippen LogP contribution is 2.37. The highest BCUT2D eigenvalue weighted by Gasteiger charge is 2.38. The van der Waals surface area contributed by atoms with Gasteiger partial charge in [0.1, 0.15) is 11.0 Å². The van der Waals surface area contributed by atoms with E-state index in [4.69, 9.17) is 11.6 Å². The van der Waals surface area contributed by atoms with E-state index in [1.165, 1.54) is 26.0 Å². The van der Waals surface area contributed by atoms with E-state index in [1.54, 1.807) is 20.8 Å². The number of aromatic nitrogens is 1. The Labute approximate surface area is 134 Å². The molecule has 1 aromatic rings. The molecule has 7 heteroatoms. The summed E-state index contributed by atoms with van der Waals surface area (Å²) in [6.45, 7) is 7.96. The lowest BCUT2D eigenvalue weighted by Gasteiger charge is -2.28. The summed E-state index contributed by atoms with van der Waals surface area (Å²) in [4.78, 5) is 27.4. The highest BCUT2D eigenvalue weighted by molar-refractivity contribution is 6.29. The Morgan fingerprint density at radius 3 is 2.23 bits per heavy atom. The molecule has 0 saturated carbocycles. The van der Waals surface area contributed by atoms with Gasteiger partial charge in [-0.05, 0) is 26.0 Å². The highest BCUT2D eigenvalue weighted by atomic mass is 35.5. The molecule has 6 nitrogen and oxygen atoms in total. The van der Waals surface area contributed by atoms with Crippen molar-refractivity contribution in [2.75, 3.05) is 5.32 Å². The molecule has 0 aliphatic rings. The fourth-order valence-electron chi connectivity index (χ4n) is 1.57. The number of rotatable bonds is 4. The minimum Gasteiger partial charge on any atom is -0.481 e. The quantitative estimate of drug-likeness (QED) is 0.738. The molecule has 0 fully saturated rings. The smallest absolute Gasteiger partial charge is 0.312 e. The zero-order chi connectivity index (χ0) is 17.3. The largest absolute Gasteiger partial charge is 0.481 e. The van der Waals surface area contributed by atoms with Gasteiger partial charge in [-0.1, -0.05) is 32.4 Å². The molecule has 0 saturated heterocycles. The van der Waals surface area contributed by atoms with E-state index in [0.717, 1.165) is 0 Å². The van der Waals surface area contributed by atoms with E-state index >= 15 is 0 Å². The van der Waals surface area contributed by atoms with Gasteiger partial charge in [0.05, 0.1) is 11.5 Å². The molecule has 1 atom stereocenters. The Morgan fingerprint density at radius 2 is 1.77 bits per heavy atom. The van der Waals surface area contributed by atoms with Gasteiger partial charge in [0.15, 0.2) is 0 Å². The van der Waals surface area contributed by atoms with Crippen molar-refractivity contribution < 1.29 is 19.8 Å². The number of aliphatic carboxylic acids is 1. The van der Waals surface area contributed by atoms with E-state index < -0.39 is 22.9 Å².